The second-order valence-corrected chi connectivity index (χ2v) is 8.91. The van der Waals surface area contributed by atoms with E-state index in [0.29, 0.717) is 17.6 Å². The Morgan fingerprint density at radius 3 is 2.12 bits per heavy atom. The lowest BCUT2D eigenvalue weighted by atomic mass is 9.89. The molecule has 0 aromatic heterocycles. The highest BCUT2D eigenvalue weighted by Crippen LogP contribution is 2.22. The van der Waals surface area contributed by atoms with Crippen LogP contribution >= 0.6 is 11.8 Å². The second-order valence-electron chi connectivity index (χ2n) is 7.76. The third-order valence-electron chi connectivity index (χ3n) is 4.04. The van der Waals surface area contributed by atoms with Gasteiger partial charge in [0.2, 0.25) is 0 Å². The van der Waals surface area contributed by atoms with Crippen molar-refractivity contribution in [2.45, 2.75) is 78.4 Å². The maximum Gasteiger partial charge on any atom is 0.186 e. The maximum atomic E-state index is 12.0. The first-order chi connectivity index (χ1) is 11.3. The average Bonchev–Trinajstić information content (AvgIpc) is 2.50. The summed E-state index contributed by atoms with van der Waals surface area (Å²) in [5.74, 6) is 1.10. The molecule has 0 bridgehead atoms. The van der Waals surface area contributed by atoms with Gasteiger partial charge in [-0.05, 0) is 35.8 Å². The highest BCUT2D eigenvalue weighted by molar-refractivity contribution is 8.12. The Kier molecular flexibility index (Phi) is 9.35. The smallest absolute Gasteiger partial charge is 0.186 e. The van der Waals surface area contributed by atoms with Gasteiger partial charge in [-0.2, -0.15) is 0 Å². The largest absolute Gasteiger partial charge is 0.300 e. The normalized spacial score (nSPS) is 11.5. The number of carbonyl (C=O) groups is 2. The summed E-state index contributed by atoms with van der Waals surface area (Å²) >= 11 is 1.33. The van der Waals surface area contributed by atoms with Crippen molar-refractivity contribution < 1.29 is 9.59 Å². The van der Waals surface area contributed by atoms with Crippen LogP contribution in [0, 0.1) is 5.41 Å². The fourth-order valence-corrected chi connectivity index (χ4v) is 3.11. The molecule has 0 spiro atoms. The van der Waals surface area contributed by atoms with E-state index < -0.39 is 0 Å². The molecule has 134 valence electrons. The number of aryl methyl sites for hydroxylation is 1. The van der Waals surface area contributed by atoms with E-state index in [9.17, 15) is 9.59 Å². The summed E-state index contributed by atoms with van der Waals surface area (Å²) in [7, 11) is 0. The summed E-state index contributed by atoms with van der Waals surface area (Å²) < 4.78 is 0. The molecular formula is C21H32O2S. The number of Topliss-reactive ketones (excluding diaryl/α,β-unsaturated/α-hetero) is 1. The lowest BCUT2D eigenvalue weighted by Crippen LogP contribution is -2.04. The molecule has 1 aromatic rings. The molecule has 0 saturated heterocycles. The number of carbonyl (C=O) groups excluding carboxylic acids is 2. The van der Waals surface area contributed by atoms with E-state index in [1.54, 1.807) is 6.92 Å². The van der Waals surface area contributed by atoms with Crippen LogP contribution in [-0.2, 0) is 21.8 Å². The summed E-state index contributed by atoms with van der Waals surface area (Å²) in [5.41, 5.74) is 2.76. The molecule has 0 aliphatic heterocycles. The summed E-state index contributed by atoms with van der Waals surface area (Å²) in [6, 6.07) is 8.27. The standard InChI is InChI=1S/C21H32O2S/c1-17(22)24-16-19-11-9-18(10-12-19)13-14-20(23)8-6-5-7-15-21(2,3)4/h9-12H,5-8,13-16H2,1-4H3. The number of hydrogen-bond acceptors (Lipinski definition) is 3. The Morgan fingerprint density at radius 1 is 0.917 bits per heavy atom. The van der Waals surface area contributed by atoms with E-state index in [1.807, 2.05) is 0 Å². The van der Waals surface area contributed by atoms with Crippen LogP contribution in [0.2, 0.25) is 0 Å². The summed E-state index contributed by atoms with van der Waals surface area (Å²) in [5, 5.41) is 0.146. The molecule has 3 heteroatoms. The SMILES string of the molecule is CC(=O)SCc1ccc(CCC(=O)CCCCCC(C)(C)C)cc1. The lowest BCUT2D eigenvalue weighted by Gasteiger charge is -2.17. The molecule has 1 rings (SSSR count). The topological polar surface area (TPSA) is 34.1 Å². The number of hydrogen-bond donors (Lipinski definition) is 0. The van der Waals surface area contributed by atoms with Crippen molar-refractivity contribution in [3.8, 4) is 0 Å². The third-order valence-corrected chi connectivity index (χ3v) is 4.92. The fraction of sp³-hybridized carbons (Fsp3) is 0.619. The summed E-state index contributed by atoms with van der Waals surface area (Å²) in [6.07, 6.45) is 6.81. The van der Waals surface area contributed by atoms with Crippen molar-refractivity contribution in [2.75, 3.05) is 0 Å². The van der Waals surface area contributed by atoms with Crippen LogP contribution < -0.4 is 0 Å². The molecule has 24 heavy (non-hydrogen) atoms. The van der Waals surface area contributed by atoms with Crippen LogP contribution in [-0.4, -0.2) is 10.9 Å². The summed E-state index contributed by atoms with van der Waals surface area (Å²) in [6.45, 7) is 8.39. The van der Waals surface area contributed by atoms with E-state index in [0.717, 1.165) is 37.0 Å². The van der Waals surface area contributed by atoms with Crippen LogP contribution in [0.25, 0.3) is 0 Å². The average molecular weight is 349 g/mol. The van der Waals surface area contributed by atoms with Crippen molar-refractivity contribution in [1.29, 1.82) is 0 Å². The van der Waals surface area contributed by atoms with E-state index in [4.69, 9.17) is 0 Å². The first-order valence-corrected chi connectivity index (χ1v) is 9.98. The number of benzene rings is 1. The summed E-state index contributed by atoms with van der Waals surface area (Å²) in [4.78, 5) is 22.9. The minimum atomic E-state index is 0.146. The van der Waals surface area contributed by atoms with Crippen LogP contribution in [0.4, 0.5) is 0 Å². The zero-order chi connectivity index (χ0) is 18.0. The Bertz CT molecular complexity index is 512. The highest BCUT2D eigenvalue weighted by Gasteiger charge is 2.09. The number of thioether (sulfide) groups is 1. The van der Waals surface area contributed by atoms with Crippen LogP contribution in [0.1, 0.15) is 77.3 Å². The van der Waals surface area contributed by atoms with Gasteiger partial charge in [0.25, 0.3) is 0 Å². The van der Waals surface area contributed by atoms with Gasteiger partial charge in [0.15, 0.2) is 5.12 Å². The minimum Gasteiger partial charge on any atom is -0.300 e. The molecular weight excluding hydrogens is 316 g/mol. The molecule has 0 N–H and O–H groups in total. The van der Waals surface area contributed by atoms with E-state index in [-0.39, 0.29) is 5.12 Å². The van der Waals surface area contributed by atoms with Gasteiger partial charge in [-0.3, -0.25) is 9.59 Å². The third kappa shape index (κ3) is 10.6. The zero-order valence-corrected chi connectivity index (χ0v) is 16.5. The van der Waals surface area contributed by atoms with Crippen molar-refractivity contribution in [3.63, 3.8) is 0 Å². The minimum absolute atomic E-state index is 0.146. The number of ketones is 1. The van der Waals surface area contributed by atoms with Gasteiger partial charge < -0.3 is 0 Å². The predicted molar refractivity (Wildman–Crippen MR) is 104 cm³/mol. The molecule has 0 amide bonds. The van der Waals surface area contributed by atoms with Gasteiger partial charge in [-0.15, -0.1) is 0 Å². The quantitative estimate of drug-likeness (QED) is 0.489. The van der Waals surface area contributed by atoms with E-state index in [1.165, 1.54) is 30.2 Å². The van der Waals surface area contributed by atoms with Crippen molar-refractivity contribution in [2.24, 2.45) is 5.41 Å². The predicted octanol–water partition coefficient (Wildman–Crippen LogP) is 5.96. The number of rotatable bonds is 10. The lowest BCUT2D eigenvalue weighted by molar-refractivity contribution is -0.119. The molecule has 0 aliphatic carbocycles. The molecule has 0 fully saturated rings. The highest BCUT2D eigenvalue weighted by atomic mass is 32.2. The Hall–Kier alpha value is -1.09. The zero-order valence-electron chi connectivity index (χ0n) is 15.7. The fourth-order valence-electron chi connectivity index (χ4n) is 2.55. The molecule has 0 aliphatic rings. The molecule has 1 aromatic carbocycles. The van der Waals surface area contributed by atoms with Crippen LogP contribution in [0.5, 0.6) is 0 Å². The van der Waals surface area contributed by atoms with Crippen LogP contribution in [0.15, 0.2) is 24.3 Å². The first-order valence-electron chi connectivity index (χ1n) is 8.99. The van der Waals surface area contributed by atoms with Gasteiger partial charge in [-0.1, -0.05) is 69.6 Å². The van der Waals surface area contributed by atoms with E-state index >= 15 is 0 Å². The van der Waals surface area contributed by atoms with Gasteiger partial charge in [0.05, 0.1) is 0 Å². The van der Waals surface area contributed by atoms with Gasteiger partial charge in [-0.25, -0.2) is 0 Å². The van der Waals surface area contributed by atoms with E-state index in [2.05, 4.69) is 45.0 Å². The molecule has 0 unspecified atom stereocenters. The number of unbranched alkanes of at least 4 members (excludes halogenated alkanes) is 2. The molecule has 2 nitrogen and oxygen atoms in total. The Morgan fingerprint density at radius 2 is 1.54 bits per heavy atom. The molecule has 0 heterocycles. The Balaban J connectivity index is 2.18. The maximum absolute atomic E-state index is 12.0. The van der Waals surface area contributed by atoms with Crippen LogP contribution in [0.3, 0.4) is 0 Å². The van der Waals surface area contributed by atoms with Crippen molar-refractivity contribution in [1.82, 2.24) is 0 Å². The van der Waals surface area contributed by atoms with Crippen molar-refractivity contribution >= 4 is 22.7 Å². The molecule has 0 saturated carbocycles. The molecule has 0 radical (unpaired) electrons. The Labute approximate surface area is 151 Å². The van der Waals surface area contributed by atoms with Crippen molar-refractivity contribution in [3.05, 3.63) is 35.4 Å². The monoisotopic (exact) mass is 348 g/mol. The molecule has 0 atom stereocenters. The van der Waals surface area contributed by atoms with Gasteiger partial charge in [0, 0.05) is 25.5 Å². The van der Waals surface area contributed by atoms with Gasteiger partial charge in [0.1, 0.15) is 5.78 Å². The second kappa shape index (κ2) is 10.7. The first kappa shape index (κ1) is 21.0. The van der Waals surface area contributed by atoms with Gasteiger partial charge >= 0.3 is 0 Å².